The predicted octanol–water partition coefficient (Wildman–Crippen LogP) is 3.38. The van der Waals surface area contributed by atoms with Crippen molar-refractivity contribution in [2.45, 2.75) is 6.92 Å². The summed E-state index contributed by atoms with van der Waals surface area (Å²) < 4.78 is 1.55. The van der Waals surface area contributed by atoms with E-state index >= 15 is 0 Å². The van der Waals surface area contributed by atoms with Gasteiger partial charge in [0.15, 0.2) is 0 Å². The molecule has 4 heteroatoms. The molecule has 64 valence electrons. The van der Waals surface area contributed by atoms with E-state index in [1.165, 1.54) is 0 Å². The van der Waals surface area contributed by atoms with Gasteiger partial charge in [0, 0.05) is 10.2 Å². The number of benzene rings is 1. The minimum atomic E-state index is 0.487. The molecule has 1 nitrogen and oxygen atoms in total. The Hall–Kier alpha value is -0.0600. The largest absolute Gasteiger partial charge is 0.341 e. The maximum atomic E-state index is 4.81. The summed E-state index contributed by atoms with van der Waals surface area (Å²) in [6.07, 6.45) is 0. The highest BCUT2D eigenvalue weighted by Gasteiger charge is 1.98. The molecule has 0 saturated carbocycles. The van der Waals surface area contributed by atoms with Crippen LogP contribution in [0.2, 0.25) is 0 Å². The number of hydrogen-bond donors (Lipinski definition) is 2. The van der Waals surface area contributed by atoms with Crippen molar-refractivity contribution in [2.75, 3.05) is 5.32 Å². The van der Waals surface area contributed by atoms with E-state index in [2.05, 4.69) is 33.9 Å². The van der Waals surface area contributed by atoms with E-state index in [1.807, 2.05) is 25.1 Å². The van der Waals surface area contributed by atoms with E-state index in [4.69, 9.17) is 12.2 Å². The molecule has 0 bridgehead atoms. The summed E-state index contributed by atoms with van der Waals surface area (Å²) in [5.74, 6) is 0. The number of rotatable bonds is 1. The second-order valence-electron chi connectivity index (χ2n) is 2.39. The monoisotopic (exact) mass is 261 g/mol. The standard InChI is InChI=1S/C8H8BrNS2/c1-5-4-6(9)2-3-7(5)10-8(11)12/h2-4H,1H3,(H2,10,11,12). The lowest BCUT2D eigenvalue weighted by molar-refractivity contribution is 1.44. The zero-order valence-electron chi connectivity index (χ0n) is 6.47. The Balaban J connectivity index is 2.93. The molecule has 0 aromatic heterocycles. The summed E-state index contributed by atoms with van der Waals surface area (Å²) in [7, 11) is 0. The maximum absolute atomic E-state index is 4.81. The minimum Gasteiger partial charge on any atom is -0.341 e. The molecule has 0 amide bonds. The summed E-state index contributed by atoms with van der Waals surface area (Å²) >= 11 is 12.2. The van der Waals surface area contributed by atoms with E-state index in [-0.39, 0.29) is 0 Å². The lowest BCUT2D eigenvalue weighted by atomic mass is 10.2. The fourth-order valence-electron chi connectivity index (χ4n) is 0.883. The van der Waals surface area contributed by atoms with Gasteiger partial charge in [-0.25, -0.2) is 0 Å². The van der Waals surface area contributed by atoms with Crippen molar-refractivity contribution in [3.8, 4) is 0 Å². The van der Waals surface area contributed by atoms with Gasteiger partial charge >= 0.3 is 0 Å². The molecule has 0 aliphatic rings. The van der Waals surface area contributed by atoms with Gasteiger partial charge in [0.05, 0.1) is 0 Å². The smallest absolute Gasteiger partial charge is 0.135 e. The quantitative estimate of drug-likeness (QED) is 0.594. The van der Waals surface area contributed by atoms with E-state index in [0.717, 1.165) is 15.7 Å². The van der Waals surface area contributed by atoms with Crippen molar-refractivity contribution < 1.29 is 0 Å². The molecule has 0 radical (unpaired) electrons. The highest BCUT2D eigenvalue weighted by atomic mass is 79.9. The molecular formula is C8H8BrNS2. The number of halogens is 1. The van der Waals surface area contributed by atoms with E-state index < -0.39 is 0 Å². The van der Waals surface area contributed by atoms with Crippen LogP contribution in [0.4, 0.5) is 5.69 Å². The van der Waals surface area contributed by atoms with Gasteiger partial charge in [-0.15, -0.1) is 12.6 Å². The van der Waals surface area contributed by atoms with Crippen molar-refractivity contribution >= 4 is 50.8 Å². The zero-order chi connectivity index (χ0) is 9.14. The first-order chi connectivity index (χ1) is 5.59. The van der Waals surface area contributed by atoms with Gasteiger partial charge in [0.1, 0.15) is 4.32 Å². The lowest BCUT2D eigenvalue weighted by Gasteiger charge is -2.06. The van der Waals surface area contributed by atoms with Crippen LogP contribution in [-0.2, 0) is 0 Å². The van der Waals surface area contributed by atoms with Crippen molar-refractivity contribution in [2.24, 2.45) is 0 Å². The Morgan fingerprint density at radius 1 is 1.58 bits per heavy atom. The van der Waals surface area contributed by atoms with Gasteiger partial charge < -0.3 is 5.32 Å². The summed E-state index contributed by atoms with van der Waals surface area (Å²) in [4.78, 5) is 0. The van der Waals surface area contributed by atoms with Gasteiger partial charge in [-0.3, -0.25) is 0 Å². The normalized spacial score (nSPS) is 9.58. The Bertz CT molecular complexity index is 312. The average molecular weight is 262 g/mol. The molecule has 1 rings (SSSR count). The van der Waals surface area contributed by atoms with Gasteiger partial charge in [0.25, 0.3) is 0 Å². The molecule has 0 fully saturated rings. The predicted molar refractivity (Wildman–Crippen MR) is 64.1 cm³/mol. The van der Waals surface area contributed by atoms with Crippen LogP contribution in [-0.4, -0.2) is 4.32 Å². The van der Waals surface area contributed by atoms with Crippen LogP contribution in [0.5, 0.6) is 0 Å². The van der Waals surface area contributed by atoms with E-state index in [1.54, 1.807) is 0 Å². The van der Waals surface area contributed by atoms with Gasteiger partial charge in [-0.2, -0.15) is 0 Å². The van der Waals surface area contributed by atoms with Gasteiger partial charge in [-0.1, -0.05) is 28.1 Å². The Kier molecular flexibility index (Phi) is 3.55. The number of thiocarbonyl (C=S) groups is 1. The zero-order valence-corrected chi connectivity index (χ0v) is 9.76. The summed E-state index contributed by atoms with van der Waals surface area (Å²) in [6.45, 7) is 2.01. The fourth-order valence-corrected chi connectivity index (χ4v) is 1.59. The topological polar surface area (TPSA) is 12.0 Å². The minimum absolute atomic E-state index is 0.487. The third kappa shape index (κ3) is 2.77. The van der Waals surface area contributed by atoms with Gasteiger partial charge in [0.2, 0.25) is 0 Å². The summed E-state index contributed by atoms with van der Waals surface area (Å²) in [5.41, 5.74) is 2.14. The van der Waals surface area contributed by atoms with Crippen molar-refractivity contribution in [3.05, 3.63) is 28.2 Å². The van der Waals surface area contributed by atoms with Crippen molar-refractivity contribution in [1.29, 1.82) is 0 Å². The first-order valence-corrected chi connectivity index (χ1v) is 5.00. The van der Waals surface area contributed by atoms with E-state index in [9.17, 15) is 0 Å². The molecule has 0 aliphatic heterocycles. The molecule has 0 aliphatic carbocycles. The number of aryl methyl sites for hydroxylation is 1. The van der Waals surface area contributed by atoms with Crippen LogP contribution in [0, 0.1) is 6.92 Å². The van der Waals surface area contributed by atoms with Crippen molar-refractivity contribution in [1.82, 2.24) is 0 Å². The van der Waals surface area contributed by atoms with Crippen LogP contribution in [0.15, 0.2) is 22.7 Å². The fraction of sp³-hybridized carbons (Fsp3) is 0.125. The molecule has 0 atom stereocenters. The lowest BCUT2D eigenvalue weighted by Crippen LogP contribution is -2.02. The van der Waals surface area contributed by atoms with Crippen molar-refractivity contribution in [3.63, 3.8) is 0 Å². The number of nitrogens with one attached hydrogen (secondary N) is 1. The molecule has 0 spiro atoms. The SMILES string of the molecule is Cc1cc(Br)ccc1NC(=S)S. The third-order valence-corrected chi connectivity index (χ3v) is 2.14. The van der Waals surface area contributed by atoms with Crippen LogP contribution in [0.3, 0.4) is 0 Å². The maximum Gasteiger partial charge on any atom is 0.135 e. The van der Waals surface area contributed by atoms with Crippen LogP contribution >= 0.6 is 40.8 Å². The second-order valence-corrected chi connectivity index (χ2v) is 4.46. The second kappa shape index (κ2) is 4.25. The average Bonchev–Trinajstić information content (AvgIpc) is 1.94. The van der Waals surface area contributed by atoms with Crippen LogP contribution in [0.25, 0.3) is 0 Å². The first-order valence-electron chi connectivity index (χ1n) is 3.35. The molecule has 0 heterocycles. The highest BCUT2D eigenvalue weighted by Crippen LogP contribution is 2.20. The van der Waals surface area contributed by atoms with Gasteiger partial charge in [-0.05, 0) is 30.7 Å². The molecule has 1 aromatic rings. The highest BCUT2D eigenvalue weighted by molar-refractivity contribution is 9.10. The van der Waals surface area contributed by atoms with Crippen LogP contribution < -0.4 is 5.32 Å². The Morgan fingerprint density at radius 2 is 2.25 bits per heavy atom. The number of thiol groups is 1. The first kappa shape index (κ1) is 10.0. The molecule has 0 unspecified atom stereocenters. The number of hydrogen-bond acceptors (Lipinski definition) is 1. The molecule has 1 N–H and O–H groups in total. The van der Waals surface area contributed by atoms with E-state index in [0.29, 0.717) is 4.32 Å². The molecule has 12 heavy (non-hydrogen) atoms. The molecule has 0 saturated heterocycles. The summed E-state index contributed by atoms with van der Waals surface area (Å²) in [6, 6.07) is 5.94. The molecule has 1 aromatic carbocycles. The third-order valence-electron chi connectivity index (χ3n) is 1.43. The Morgan fingerprint density at radius 3 is 2.75 bits per heavy atom. The Labute approximate surface area is 91.1 Å². The molecular weight excluding hydrogens is 254 g/mol. The summed E-state index contributed by atoms with van der Waals surface area (Å²) in [5, 5.41) is 2.98. The van der Waals surface area contributed by atoms with Crippen LogP contribution in [0.1, 0.15) is 5.56 Å². The number of anilines is 1.